The summed E-state index contributed by atoms with van der Waals surface area (Å²) in [6, 6.07) is 1.89. The molecule has 186 valence electrons. The highest BCUT2D eigenvalue weighted by Gasteiger charge is 2.28. The van der Waals surface area contributed by atoms with Crippen LogP contribution in [0.2, 0.25) is 0 Å². The first kappa shape index (κ1) is 24.7. The van der Waals surface area contributed by atoms with Crippen molar-refractivity contribution in [3.8, 4) is 0 Å². The summed E-state index contributed by atoms with van der Waals surface area (Å²) in [6.07, 6.45) is 7.38. The van der Waals surface area contributed by atoms with E-state index in [1.807, 2.05) is 18.7 Å². The van der Waals surface area contributed by atoms with E-state index in [9.17, 15) is 19.2 Å². The maximum absolute atomic E-state index is 13.5. The number of amides is 2. The van der Waals surface area contributed by atoms with Crippen molar-refractivity contribution < 1.29 is 9.59 Å². The molecule has 0 atom stereocenters. The van der Waals surface area contributed by atoms with E-state index in [0.29, 0.717) is 16.8 Å². The number of rotatable bonds is 6. The molecule has 3 heterocycles. The van der Waals surface area contributed by atoms with E-state index in [4.69, 9.17) is 0 Å². The zero-order valence-corrected chi connectivity index (χ0v) is 21.1. The first-order valence-electron chi connectivity index (χ1n) is 12.6. The van der Waals surface area contributed by atoms with Crippen LogP contribution in [0, 0.1) is 11.8 Å². The molecule has 2 aliphatic rings. The molecule has 0 aromatic carbocycles. The van der Waals surface area contributed by atoms with E-state index in [2.05, 4.69) is 5.32 Å². The number of fused-ring (bicyclic) bond motifs is 1. The van der Waals surface area contributed by atoms with Crippen LogP contribution in [0.1, 0.15) is 65.2 Å². The Morgan fingerprint density at radius 3 is 2.35 bits per heavy atom. The first-order valence-corrected chi connectivity index (χ1v) is 13.5. The van der Waals surface area contributed by atoms with Gasteiger partial charge in [-0.2, -0.15) is 0 Å². The molecule has 1 aliphatic heterocycles. The fourth-order valence-corrected chi connectivity index (χ4v) is 6.11. The predicted molar refractivity (Wildman–Crippen MR) is 134 cm³/mol. The summed E-state index contributed by atoms with van der Waals surface area (Å²) in [7, 11) is 0. The molecule has 2 aromatic heterocycles. The monoisotopic (exact) mass is 488 g/mol. The molecule has 1 saturated carbocycles. The number of hydrogen-bond donors (Lipinski definition) is 1. The fraction of sp³-hybridized carbons (Fsp3) is 0.680. The van der Waals surface area contributed by atoms with Gasteiger partial charge in [-0.3, -0.25) is 23.5 Å². The minimum absolute atomic E-state index is 0.00180. The summed E-state index contributed by atoms with van der Waals surface area (Å²) in [4.78, 5) is 53.9. The normalized spacial score (nSPS) is 21.6. The van der Waals surface area contributed by atoms with Gasteiger partial charge in [0.15, 0.2) is 0 Å². The molecule has 34 heavy (non-hydrogen) atoms. The lowest BCUT2D eigenvalue weighted by Crippen LogP contribution is -2.44. The molecule has 8 nitrogen and oxygen atoms in total. The van der Waals surface area contributed by atoms with Gasteiger partial charge in [-0.15, -0.1) is 11.3 Å². The highest BCUT2D eigenvalue weighted by molar-refractivity contribution is 7.17. The van der Waals surface area contributed by atoms with Gasteiger partial charge in [0.2, 0.25) is 11.8 Å². The zero-order chi connectivity index (χ0) is 24.2. The lowest BCUT2D eigenvalue weighted by molar-refractivity contribution is -0.131. The summed E-state index contributed by atoms with van der Waals surface area (Å²) in [5, 5.41) is 4.79. The minimum atomic E-state index is -0.404. The fourth-order valence-electron chi connectivity index (χ4n) is 5.27. The molecule has 9 heteroatoms. The van der Waals surface area contributed by atoms with Gasteiger partial charge in [-0.05, 0) is 69.7 Å². The number of carbonyl (C=O) groups is 2. The molecule has 2 fully saturated rings. The average Bonchev–Trinajstić information content (AvgIpc) is 3.14. The number of aromatic nitrogens is 2. The summed E-state index contributed by atoms with van der Waals surface area (Å²) >= 11 is 1.32. The third kappa shape index (κ3) is 5.45. The summed E-state index contributed by atoms with van der Waals surface area (Å²) < 4.78 is 3.34. The van der Waals surface area contributed by atoms with Crippen LogP contribution in [-0.2, 0) is 22.7 Å². The van der Waals surface area contributed by atoms with Crippen molar-refractivity contribution in [2.24, 2.45) is 11.8 Å². The van der Waals surface area contributed by atoms with Gasteiger partial charge in [0.05, 0.1) is 5.52 Å². The largest absolute Gasteiger partial charge is 0.354 e. The molecule has 4 rings (SSSR count). The van der Waals surface area contributed by atoms with Crippen LogP contribution < -0.4 is 16.6 Å². The number of nitrogens with one attached hydrogen (secondary N) is 1. The van der Waals surface area contributed by atoms with Crippen molar-refractivity contribution in [1.82, 2.24) is 19.4 Å². The standard InChI is InChI=1S/C25H36N4O4S/c1-17(2)26-23(31)19-9-7-18(8-10-19)15-29-24(32)22-20(11-14-34-22)28(25(29)33)16-21(30)27-12-5-3-4-6-13-27/h11,14,17-19H,3-10,12-13,15-16H2,1-2H3,(H,26,31). The second-order valence-corrected chi connectivity index (χ2v) is 11.0. The number of likely N-dealkylation sites (tertiary alicyclic amines) is 1. The third-order valence-corrected chi connectivity index (χ3v) is 8.07. The average molecular weight is 489 g/mol. The second kappa shape index (κ2) is 10.9. The Labute approximate surface area is 203 Å². The minimum Gasteiger partial charge on any atom is -0.354 e. The molecular weight excluding hydrogens is 452 g/mol. The van der Waals surface area contributed by atoms with E-state index in [1.54, 1.807) is 11.4 Å². The van der Waals surface area contributed by atoms with Crippen LogP contribution in [0.5, 0.6) is 0 Å². The molecule has 2 aromatic rings. The van der Waals surface area contributed by atoms with E-state index in [0.717, 1.165) is 64.5 Å². The molecule has 0 bridgehead atoms. The lowest BCUT2D eigenvalue weighted by atomic mass is 9.81. The third-order valence-electron chi connectivity index (χ3n) is 7.18. The van der Waals surface area contributed by atoms with Gasteiger partial charge in [0.25, 0.3) is 5.56 Å². The molecule has 1 aliphatic carbocycles. The van der Waals surface area contributed by atoms with Gasteiger partial charge >= 0.3 is 5.69 Å². The zero-order valence-electron chi connectivity index (χ0n) is 20.3. The van der Waals surface area contributed by atoms with Crippen LogP contribution >= 0.6 is 11.3 Å². The van der Waals surface area contributed by atoms with Gasteiger partial charge in [-0.1, -0.05) is 12.8 Å². The van der Waals surface area contributed by atoms with E-state index < -0.39 is 5.69 Å². The van der Waals surface area contributed by atoms with E-state index >= 15 is 0 Å². The maximum atomic E-state index is 13.5. The topological polar surface area (TPSA) is 93.4 Å². The Hall–Kier alpha value is -2.42. The van der Waals surface area contributed by atoms with Gasteiger partial charge in [-0.25, -0.2) is 4.79 Å². The summed E-state index contributed by atoms with van der Waals surface area (Å²) in [5.74, 6) is 0.206. The Morgan fingerprint density at radius 1 is 1.03 bits per heavy atom. The Morgan fingerprint density at radius 2 is 1.71 bits per heavy atom. The van der Waals surface area contributed by atoms with Crippen molar-refractivity contribution in [2.75, 3.05) is 13.1 Å². The molecule has 0 spiro atoms. The van der Waals surface area contributed by atoms with Crippen molar-refractivity contribution in [3.63, 3.8) is 0 Å². The van der Waals surface area contributed by atoms with Crippen molar-refractivity contribution in [3.05, 3.63) is 32.3 Å². The molecule has 0 radical (unpaired) electrons. The lowest BCUT2D eigenvalue weighted by Gasteiger charge is -2.28. The van der Waals surface area contributed by atoms with Crippen LogP contribution in [-0.4, -0.2) is 45.0 Å². The van der Waals surface area contributed by atoms with Gasteiger partial charge < -0.3 is 10.2 Å². The van der Waals surface area contributed by atoms with Crippen LogP contribution in [0.15, 0.2) is 21.0 Å². The SMILES string of the molecule is CC(C)NC(=O)C1CCC(Cn2c(=O)c3sccc3n(CC(=O)N3CCCCCC3)c2=O)CC1. The molecule has 2 amide bonds. The first-order chi connectivity index (χ1) is 16.3. The van der Waals surface area contributed by atoms with Gasteiger partial charge in [0, 0.05) is 31.6 Å². The molecule has 1 saturated heterocycles. The second-order valence-electron chi connectivity index (χ2n) is 10.1. The Balaban J connectivity index is 1.52. The van der Waals surface area contributed by atoms with Gasteiger partial charge in [0.1, 0.15) is 11.2 Å². The van der Waals surface area contributed by atoms with Crippen LogP contribution in [0.4, 0.5) is 0 Å². The number of hydrogen-bond acceptors (Lipinski definition) is 5. The smallest absolute Gasteiger partial charge is 0.332 e. The molecule has 0 unspecified atom stereocenters. The molecule has 1 N–H and O–H groups in total. The van der Waals surface area contributed by atoms with Crippen LogP contribution in [0.3, 0.4) is 0 Å². The van der Waals surface area contributed by atoms with Crippen molar-refractivity contribution in [2.45, 2.75) is 84.3 Å². The highest BCUT2D eigenvalue weighted by atomic mass is 32.1. The van der Waals surface area contributed by atoms with Crippen LogP contribution in [0.25, 0.3) is 10.2 Å². The van der Waals surface area contributed by atoms with E-state index in [1.165, 1.54) is 20.5 Å². The predicted octanol–water partition coefficient (Wildman–Crippen LogP) is 2.96. The van der Waals surface area contributed by atoms with Crippen molar-refractivity contribution >= 4 is 33.4 Å². The van der Waals surface area contributed by atoms with E-state index in [-0.39, 0.29) is 41.8 Å². The number of carbonyl (C=O) groups excluding carboxylic acids is 2. The number of nitrogens with zero attached hydrogens (tertiary/aromatic N) is 3. The Bertz CT molecular complexity index is 1130. The quantitative estimate of drug-likeness (QED) is 0.677. The number of thiophene rings is 1. The summed E-state index contributed by atoms with van der Waals surface area (Å²) in [6.45, 7) is 5.68. The Kier molecular flexibility index (Phi) is 7.91. The molecular formula is C25H36N4O4S. The summed E-state index contributed by atoms with van der Waals surface area (Å²) in [5.41, 5.74) is -0.125. The maximum Gasteiger partial charge on any atom is 0.332 e. The van der Waals surface area contributed by atoms with Crippen molar-refractivity contribution in [1.29, 1.82) is 0 Å². The highest BCUT2D eigenvalue weighted by Crippen LogP contribution is 2.30.